The quantitative estimate of drug-likeness (QED) is 0.118. The lowest BCUT2D eigenvalue weighted by Gasteiger charge is -2.39. The molecule has 1 aliphatic heterocycles. The second-order valence-corrected chi connectivity index (χ2v) is 13.0. The van der Waals surface area contributed by atoms with Gasteiger partial charge in [0.15, 0.2) is 6.29 Å². The van der Waals surface area contributed by atoms with Gasteiger partial charge in [0, 0.05) is 37.5 Å². The number of hydrogen-bond acceptors (Lipinski definition) is 6. The molecule has 5 aromatic rings. The Kier molecular flexibility index (Phi) is 11.4. The molecule has 6 rings (SSSR count). The lowest BCUT2D eigenvalue weighted by Crippen LogP contribution is -2.38. The van der Waals surface area contributed by atoms with Crippen molar-refractivity contribution in [3.05, 3.63) is 143 Å². The molecule has 0 saturated carbocycles. The molecule has 0 bridgehead atoms. The highest BCUT2D eigenvalue weighted by atomic mass is 16.7. The van der Waals surface area contributed by atoms with Crippen LogP contribution in [0.1, 0.15) is 72.4 Å². The summed E-state index contributed by atoms with van der Waals surface area (Å²) in [5.41, 5.74) is 6.95. The Hall–Kier alpha value is -4.86. The molecule has 0 spiro atoms. The number of fused-ring (bicyclic) bond motifs is 1. The zero-order valence-electron chi connectivity index (χ0n) is 28.5. The van der Waals surface area contributed by atoms with Crippen LogP contribution in [0.15, 0.2) is 115 Å². The van der Waals surface area contributed by atoms with E-state index in [0.29, 0.717) is 19.5 Å². The highest BCUT2D eigenvalue weighted by Gasteiger charge is 2.33. The molecule has 4 atom stereocenters. The summed E-state index contributed by atoms with van der Waals surface area (Å²) in [5.74, 6) is -1.29. The van der Waals surface area contributed by atoms with Gasteiger partial charge in [-0.1, -0.05) is 109 Å². The lowest BCUT2D eigenvalue weighted by atomic mass is 9.97. The Morgan fingerprint density at radius 2 is 1.54 bits per heavy atom. The fourth-order valence-corrected chi connectivity index (χ4v) is 6.51. The minimum Gasteiger partial charge on any atom is -0.481 e. The fraction of sp³-hybridized carbons (Fsp3) is 0.286. The van der Waals surface area contributed by atoms with E-state index < -0.39 is 12.3 Å². The van der Waals surface area contributed by atoms with Gasteiger partial charge in [0.25, 0.3) is 0 Å². The van der Waals surface area contributed by atoms with Gasteiger partial charge in [-0.15, -0.1) is 0 Å². The van der Waals surface area contributed by atoms with Gasteiger partial charge >= 0.3 is 5.97 Å². The van der Waals surface area contributed by atoms with Gasteiger partial charge in [0.05, 0.1) is 25.2 Å². The number of aliphatic carboxylic acids is 1. The van der Waals surface area contributed by atoms with Crippen molar-refractivity contribution in [2.45, 2.75) is 63.9 Å². The van der Waals surface area contributed by atoms with E-state index in [1.54, 1.807) is 0 Å². The number of ether oxygens (including phenoxy) is 2. The van der Waals surface area contributed by atoms with Crippen molar-refractivity contribution >= 4 is 22.6 Å². The van der Waals surface area contributed by atoms with Crippen molar-refractivity contribution in [1.29, 1.82) is 0 Å². The fourth-order valence-electron chi connectivity index (χ4n) is 6.51. The SMILES string of the molecule is CC(c1ccc2ccccc2c1)N(C)CC1CC(c2ccc(CO)cc2)OC(c2ccc(-c3ccccc3CNC(=O)CCC(=O)O)cc2)O1. The van der Waals surface area contributed by atoms with Crippen LogP contribution in [-0.2, 0) is 32.2 Å². The summed E-state index contributed by atoms with van der Waals surface area (Å²) >= 11 is 0. The summed E-state index contributed by atoms with van der Waals surface area (Å²) in [4.78, 5) is 25.4. The average molecular weight is 673 g/mol. The zero-order valence-corrected chi connectivity index (χ0v) is 28.5. The molecule has 1 aliphatic rings. The largest absolute Gasteiger partial charge is 0.481 e. The number of aliphatic hydroxyl groups is 1. The number of amides is 1. The Morgan fingerprint density at radius 1 is 0.840 bits per heavy atom. The van der Waals surface area contributed by atoms with Crippen molar-refractivity contribution in [3.8, 4) is 11.1 Å². The standard InChI is InChI=1S/C42H44N2O6/c1-28(34-20-15-30-7-3-4-8-35(30)23-34)44(2)26-37-24-39(32-13-11-29(27-45)12-14-32)50-42(49-37)33-18-16-31(17-19-33)38-10-6-5-9-36(38)25-43-40(46)21-22-41(47)48/h3-20,23,28,37,39,42,45H,21-22,24-27H2,1-2H3,(H,43,46)(H,47,48). The summed E-state index contributed by atoms with van der Waals surface area (Å²) in [7, 11) is 2.14. The number of carbonyl (C=O) groups is 2. The van der Waals surface area contributed by atoms with Crippen molar-refractivity contribution in [1.82, 2.24) is 10.2 Å². The van der Waals surface area contributed by atoms with Gasteiger partial charge < -0.3 is 25.0 Å². The molecule has 8 heteroatoms. The monoisotopic (exact) mass is 672 g/mol. The predicted molar refractivity (Wildman–Crippen MR) is 194 cm³/mol. The van der Waals surface area contributed by atoms with E-state index >= 15 is 0 Å². The number of rotatable bonds is 13. The summed E-state index contributed by atoms with van der Waals surface area (Å²) < 4.78 is 13.3. The number of nitrogens with zero attached hydrogens (tertiary/aromatic N) is 1. The molecule has 1 fully saturated rings. The molecule has 0 aromatic heterocycles. The molecule has 5 aromatic carbocycles. The minimum absolute atomic E-state index is 0.00973. The molecule has 4 unspecified atom stereocenters. The summed E-state index contributed by atoms with van der Waals surface area (Å²) in [6.45, 7) is 3.23. The number of carboxylic acids is 1. The van der Waals surface area contributed by atoms with E-state index in [1.807, 2.05) is 72.8 Å². The van der Waals surface area contributed by atoms with Crippen molar-refractivity contribution in [2.75, 3.05) is 13.6 Å². The summed E-state index contributed by atoms with van der Waals surface area (Å²) in [5, 5.41) is 23.8. The number of aliphatic hydroxyl groups excluding tert-OH is 1. The van der Waals surface area contributed by atoms with Gasteiger partial charge in [-0.2, -0.15) is 0 Å². The molecule has 3 N–H and O–H groups in total. The second kappa shape index (κ2) is 16.2. The van der Waals surface area contributed by atoms with Gasteiger partial charge in [0.1, 0.15) is 0 Å². The smallest absolute Gasteiger partial charge is 0.303 e. The first-order valence-electron chi connectivity index (χ1n) is 17.1. The number of likely N-dealkylation sites (N-methyl/N-ethyl adjacent to an activating group) is 1. The first kappa shape index (κ1) is 35.0. The normalized spacial score (nSPS) is 18.2. The van der Waals surface area contributed by atoms with Crippen LogP contribution in [0.25, 0.3) is 21.9 Å². The third-order valence-corrected chi connectivity index (χ3v) is 9.58. The van der Waals surface area contributed by atoms with Crippen LogP contribution in [0.3, 0.4) is 0 Å². The average Bonchev–Trinajstić information content (AvgIpc) is 3.15. The van der Waals surface area contributed by atoms with Gasteiger partial charge in [0.2, 0.25) is 5.91 Å². The van der Waals surface area contributed by atoms with E-state index in [9.17, 15) is 14.7 Å². The zero-order chi connectivity index (χ0) is 35.0. The van der Waals surface area contributed by atoms with E-state index in [-0.39, 0.29) is 43.6 Å². The number of hydrogen-bond donors (Lipinski definition) is 3. The topological polar surface area (TPSA) is 108 Å². The second-order valence-electron chi connectivity index (χ2n) is 13.0. The molecule has 0 aliphatic carbocycles. The third-order valence-electron chi connectivity index (χ3n) is 9.58. The lowest BCUT2D eigenvalue weighted by molar-refractivity contribution is -0.253. The maximum absolute atomic E-state index is 12.2. The summed E-state index contributed by atoms with van der Waals surface area (Å²) in [6.07, 6.45) is -0.448. The van der Waals surface area contributed by atoms with Gasteiger partial charge in [-0.25, -0.2) is 0 Å². The Morgan fingerprint density at radius 3 is 2.28 bits per heavy atom. The molecule has 1 saturated heterocycles. The van der Waals surface area contributed by atoms with E-state index in [2.05, 4.69) is 66.7 Å². The maximum Gasteiger partial charge on any atom is 0.303 e. The Balaban J connectivity index is 1.19. The molecular formula is C42H44N2O6. The van der Waals surface area contributed by atoms with Gasteiger partial charge in [-0.3, -0.25) is 14.5 Å². The van der Waals surface area contributed by atoms with Crippen molar-refractivity contribution in [2.24, 2.45) is 0 Å². The first-order valence-corrected chi connectivity index (χ1v) is 17.1. The molecular weight excluding hydrogens is 628 g/mol. The molecule has 1 amide bonds. The molecule has 1 heterocycles. The predicted octanol–water partition coefficient (Wildman–Crippen LogP) is 7.72. The third kappa shape index (κ3) is 8.64. The van der Waals surface area contributed by atoms with Crippen LogP contribution in [0, 0.1) is 0 Å². The maximum atomic E-state index is 12.2. The first-order chi connectivity index (χ1) is 24.3. The summed E-state index contributed by atoms with van der Waals surface area (Å²) in [6, 6.07) is 39.1. The van der Waals surface area contributed by atoms with Crippen LogP contribution in [-0.4, -0.2) is 46.7 Å². The van der Waals surface area contributed by atoms with Crippen molar-refractivity contribution < 1.29 is 29.3 Å². The number of carbonyl (C=O) groups excluding carboxylic acids is 1. The van der Waals surface area contributed by atoms with Crippen LogP contribution < -0.4 is 5.32 Å². The van der Waals surface area contributed by atoms with Crippen LogP contribution in [0.2, 0.25) is 0 Å². The van der Waals surface area contributed by atoms with E-state index in [4.69, 9.17) is 14.6 Å². The van der Waals surface area contributed by atoms with E-state index in [0.717, 1.165) is 33.4 Å². The molecule has 0 radical (unpaired) electrons. The van der Waals surface area contributed by atoms with Crippen LogP contribution >= 0.6 is 0 Å². The molecule has 258 valence electrons. The van der Waals surface area contributed by atoms with Crippen molar-refractivity contribution in [3.63, 3.8) is 0 Å². The van der Waals surface area contributed by atoms with Crippen LogP contribution in [0.5, 0.6) is 0 Å². The van der Waals surface area contributed by atoms with Crippen LogP contribution in [0.4, 0.5) is 0 Å². The minimum atomic E-state index is -0.994. The Bertz CT molecular complexity index is 1910. The molecule has 50 heavy (non-hydrogen) atoms. The number of benzene rings is 5. The Labute approximate surface area is 293 Å². The van der Waals surface area contributed by atoms with E-state index in [1.165, 1.54) is 16.3 Å². The highest BCUT2D eigenvalue weighted by Crippen LogP contribution is 2.39. The highest BCUT2D eigenvalue weighted by molar-refractivity contribution is 5.83. The number of carboxylic acid groups (broad SMARTS) is 1. The number of nitrogens with one attached hydrogen (secondary N) is 1. The van der Waals surface area contributed by atoms with Gasteiger partial charge in [-0.05, 0) is 64.2 Å². The molecule has 8 nitrogen and oxygen atoms in total.